The summed E-state index contributed by atoms with van der Waals surface area (Å²) in [7, 11) is 0. The van der Waals surface area contributed by atoms with Gasteiger partial charge in [0.15, 0.2) is 11.5 Å². The van der Waals surface area contributed by atoms with Crippen LogP contribution in [0.2, 0.25) is 0 Å². The van der Waals surface area contributed by atoms with Gasteiger partial charge in [0, 0.05) is 18.3 Å². The lowest BCUT2D eigenvalue weighted by Crippen LogP contribution is -2.02. The Morgan fingerprint density at radius 2 is 1.84 bits per heavy atom. The number of nitrogens with zero attached hydrogens (tertiary/aromatic N) is 2. The van der Waals surface area contributed by atoms with Crippen molar-refractivity contribution in [2.45, 2.75) is 27.4 Å². The van der Waals surface area contributed by atoms with Crippen molar-refractivity contribution in [2.24, 2.45) is 4.99 Å². The molecular weight excluding hydrogens is 507 g/mol. The average Bonchev–Trinajstić information content (AvgIpc) is 2.74. The van der Waals surface area contributed by atoms with Gasteiger partial charge in [-0.05, 0) is 95.9 Å². The molecule has 0 atom stereocenters. The Hall–Kier alpha value is -2.94. The molecule has 0 heterocycles. The van der Waals surface area contributed by atoms with Crippen molar-refractivity contribution in [1.29, 1.82) is 0 Å². The van der Waals surface area contributed by atoms with E-state index in [0.717, 1.165) is 25.9 Å². The van der Waals surface area contributed by atoms with Crippen LogP contribution in [-0.2, 0) is 6.61 Å². The lowest BCUT2D eigenvalue weighted by Gasteiger charge is -2.15. The molecule has 0 spiro atoms. The SMILES string of the molecule is CCOc1cc(C=Nc2cccc(C)c2C)cc(I)c1OCc1ccc([N+](=O)[O-])cc1. The molecule has 0 aliphatic rings. The lowest BCUT2D eigenvalue weighted by atomic mass is 10.1. The molecule has 7 heteroatoms. The zero-order chi connectivity index (χ0) is 22.4. The normalized spacial score (nSPS) is 11.0. The van der Waals surface area contributed by atoms with Crippen molar-refractivity contribution in [1.82, 2.24) is 0 Å². The Balaban J connectivity index is 1.82. The highest BCUT2D eigenvalue weighted by atomic mass is 127. The third-order valence-electron chi connectivity index (χ3n) is 4.79. The Morgan fingerprint density at radius 1 is 1.10 bits per heavy atom. The minimum Gasteiger partial charge on any atom is -0.490 e. The van der Waals surface area contributed by atoms with Gasteiger partial charge in [0.2, 0.25) is 0 Å². The monoisotopic (exact) mass is 530 g/mol. The maximum absolute atomic E-state index is 10.8. The molecule has 31 heavy (non-hydrogen) atoms. The number of benzene rings is 3. The summed E-state index contributed by atoms with van der Waals surface area (Å²) in [6.07, 6.45) is 1.83. The van der Waals surface area contributed by atoms with Crippen molar-refractivity contribution >= 4 is 40.2 Å². The van der Waals surface area contributed by atoms with E-state index in [0.29, 0.717) is 18.1 Å². The molecule has 0 N–H and O–H groups in total. The number of nitro benzene ring substituents is 1. The van der Waals surface area contributed by atoms with Crippen molar-refractivity contribution < 1.29 is 14.4 Å². The van der Waals surface area contributed by atoms with Gasteiger partial charge in [-0.3, -0.25) is 15.1 Å². The molecule has 0 bridgehead atoms. The fraction of sp³-hybridized carbons (Fsp3) is 0.208. The molecule has 0 amide bonds. The minimum atomic E-state index is -0.417. The van der Waals surface area contributed by atoms with E-state index < -0.39 is 4.92 Å². The summed E-state index contributed by atoms with van der Waals surface area (Å²) in [5.74, 6) is 1.28. The van der Waals surface area contributed by atoms with Gasteiger partial charge < -0.3 is 9.47 Å². The molecule has 3 aromatic carbocycles. The number of nitro groups is 1. The van der Waals surface area contributed by atoms with E-state index in [2.05, 4.69) is 47.5 Å². The highest BCUT2D eigenvalue weighted by molar-refractivity contribution is 14.1. The van der Waals surface area contributed by atoms with Crippen LogP contribution in [0, 0.1) is 27.5 Å². The molecule has 0 aromatic heterocycles. The van der Waals surface area contributed by atoms with E-state index >= 15 is 0 Å². The number of halogens is 1. The Bertz CT molecular complexity index is 1110. The number of rotatable bonds is 8. The number of aliphatic imine (C=N–C) groups is 1. The largest absolute Gasteiger partial charge is 0.490 e. The van der Waals surface area contributed by atoms with Crippen molar-refractivity contribution in [2.75, 3.05) is 6.61 Å². The molecule has 0 unspecified atom stereocenters. The van der Waals surface area contributed by atoms with E-state index in [4.69, 9.17) is 9.47 Å². The van der Waals surface area contributed by atoms with Crippen LogP contribution in [0.3, 0.4) is 0 Å². The fourth-order valence-electron chi connectivity index (χ4n) is 2.95. The molecule has 3 rings (SSSR count). The summed E-state index contributed by atoms with van der Waals surface area (Å²) in [6.45, 7) is 6.84. The number of ether oxygens (including phenoxy) is 2. The molecule has 6 nitrogen and oxygen atoms in total. The Labute approximate surface area is 195 Å². The molecule has 0 aliphatic carbocycles. The quantitative estimate of drug-likeness (QED) is 0.143. The Kier molecular flexibility index (Phi) is 7.62. The van der Waals surface area contributed by atoms with Crippen LogP contribution in [0.4, 0.5) is 11.4 Å². The fourth-order valence-corrected chi connectivity index (χ4v) is 3.74. The van der Waals surface area contributed by atoms with E-state index in [1.807, 2.05) is 37.4 Å². The summed E-state index contributed by atoms with van der Waals surface area (Å²) < 4.78 is 12.7. The van der Waals surface area contributed by atoms with Crippen LogP contribution in [0.5, 0.6) is 11.5 Å². The first kappa shape index (κ1) is 22.7. The van der Waals surface area contributed by atoms with E-state index in [1.165, 1.54) is 17.7 Å². The van der Waals surface area contributed by atoms with Crippen LogP contribution in [0.1, 0.15) is 29.2 Å². The zero-order valence-electron chi connectivity index (χ0n) is 17.6. The van der Waals surface area contributed by atoms with Crippen molar-refractivity contribution in [3.8, 4) is 11.5 Å². The first-order valence-corrected chi connectivity index (χ1v) is 10.9. The van der Waals surface area contributed by atoms with Gasteiger partial charge in [0.05, 0.1) is 20.8 Å². The van der Waals surface area contributed by atoms with Crippen LogP contribution in [0.25, 0.3) is 0 Å². The summed E-state index contributed by atoms with van der Waals surface area (Å²) in [4.78, 5) is 15.0. The van der Waals surface area contributed by atoms with E-state index in [1.54, 1.807) is 12.1 Å². The maximum atomic E-state index is 10.8. The van der Waals surface area contributed by atoms with E-state index in [-0.39, 0.29) is 12.3 Å². The van der Waals surface area contributed by atoms with Crippen molar-refractivity contribution in [3.63, 3.8) is 0 Å². The minimum absolute atomic E-state index is 0.0563. The highest BCUT2D eigenvalue weighted by Gasteiger charge is 2.13. The van der Waals surface area contributed by atoms with Crippen LogP contribution in [0.15, 0.2) is 59.6 Å². The molecule has 0 saturated heterocycles. The second-order valence-corrected chi connectivity index (χ2v) is 8.11. The smallest absolute Gasteiger partial charge is 0.269 e. The summed E-state index contributed by atoms with van der Waals surface area (Å²) in [5.41, 5.74) is 5.10. The van der Waals surface area contributed by atoms with Crippen LogP contribution in [-0.4, -0.2) is 17.7 Å². The van der Waals surface area contributed by atoms with Gasteiger partial charge in [-0.25, -0.2) is 0 Å². The standard InChI is InChI=1S/C24H23IN2O4/c1-4-30-23-13-19(14-26-22-7-5-6-16(2)17(22)3)12-21(25)24(23)31-15-18-8-10-20(11-9-18)27(28)29/h5-14H,4,15H2,1-3H3. The molecule has 0 fully saturated rings. The third kappa shape index (κ3) is 5.81. The van der Waals surface area contributed by atoms with Gasteiger partial charge in [0.1, 0.15) is 6.61 Å². The summed E-state index contributed by atoms with van der Waals surface area (Å²) in [6, 6.07) is 16.3. The second-order valence-electron chi connectivity index (χ2n) is 6.95. The second kappa shape index (κ2) is 10.4. The van der Waals surface area contributed by atoms with Gasteiger partial charge in [-0.1, -0.05) is 12.1 Å². The number of hydrogen-bond acceptors (Lipinski definition) is 5. The van der Waals surface area contributed by atoms with Gasteiger partial charge >= 0.3 is 0 Å². The van der Waals surface area contributed by atoms with Gasteiger partial charge in [0.25, 0.3) is 5.69 Å². The molecule has 3 aromatic rings. The molecule has 0 radical (unpaired) electrons. The van der Waals surface area contributed by atoms with Gasteiger partial charge in [-0.2, -0.15) is 0 Å². The molecule has 0 saturated carbocycles. The predicted molar refractivity (Wildman–Crippen MR) is 131 cm³/mol. The van der Waals surface area contributed by atoms with E-state index in [9.17, 15) is 10.1 Å². The first-order valence-electron chi connectivity index (χ1n) is 9.81. The first-order chi connectivity index (χ1) is 14.9. The maximum Gasteiger partial charge on any atom is 0.269 e. The lowest BCUT2D eigenvalue weighted by molar-refractivity contribution is -0.384. The highest BCUT2D eigenvalue weighted by Crippen LogP contribution is 2.35. The van der Waals surface area contributed by atoms with Crippen LogP contribution >= 0.6 is 22.6 Å². The predicted octanol–water partition coefficient (Wildman–Crippen LogP) is 6.54. The molecule has 160 valence electrons. The van der Waals surface area contributed by atoms with Crippen LogP contribution < -0.4 is 9.47 Å². The number of aryl methyl sites for hydroxylation is 1. The summed E-state index contributed by atoms with van der Waals surface area (Å²) >= 11 is 2.22. The average molecular weight is 530 g/mol. The van der Waals surface area contributed by atoms with Crippen molar-refractivity contribution in [3.05, 3.63) is 90.5 Å². The number of hydrogen-bond donors (Lipinski definition) is 0. The number of non-ortho nitro benzene ring substituents is 1. The summed E-state index contributed by atoms with van der Waals surface area (Å²) in [5, 5.41) is 10.8. The topological polar surface area (TPSA) is 74.0 Å². The molecular formula is C24H23IN2O4. The third-order valence-corrected chi connectivity index (χ3v) is 5.59. The molecule has 0 aliphatic heterocycles. The Morgan fingerprint density at radius 3 is 2.52 bits per heavy atom. The van der Waals surface area contributed by atoms with Gasteiger partial charge in [-0.15, -0.1) is 0 Å². The zero-order valence-corrected chi connectivity index (χ0v) is 19.8.